The molecule has 0 bridgehead atoms. The predicted octanol–water partition coefficient (Wildman–Crippen LogP) is 3.76. The molecule has 0 saturated heterocycles. The molecule has 1 N–H and O–H groups in total. The third-order valence-corrected chi connectivity index (χ3v) is 3.45. The summed E-state index contributed by atoms with van der Waals surface area (Å²) in [7, 11) is 0. The van der Waals surface area contributed by atoms with Crippen molar-refractivity contribution in [2.45, 2.75) is 33.1 Å². The molecule has 0 fully saturated rings. The van der Waals surface area contributed by atoms with Crippen LogP contribution in [-0.4, -0.2) is 18.9 Å². The van der Waals surface area contributed by atoms with Gasteiger partial charge in [0.25, 0.3) is 0 Å². The molecule has 3 heteroatoms. The Kier molecular flexibility index (Phi) is 6.58. The van der Waals surface area contributed by atoms with E-state index in [9.17, 15) is 4.79 Å². The van der Waals surface area contributed by atoms with Crippen LogP contribution >= 0.6 is 15.9 Å². The second-order valence-corrected chi connectivity index (χ2v) is 6.02. The normalized spacial score (nSPS) is 12.7. The first-order valence-corrected chi connectivity index (χ1v) is 7.26. The van der Waals surface area contributed by atoms with Gasteiger partial charge in [-0.2, -0.15) is 0 Å². The van der Waals surface area contributed by atoms with Crippen LogP contribution in [0.25, 0.3) is 0 Å². The third kappa shape index (κ3) is 5.32. The van der Waals surface area contributed by atoms with Gasteiger partial charge >= 0.3 is 0 Å². The largest absolute Gasteiger partial charge is 0.316 e. The summed E-state index contributed by atoms with van der Waals surface area (Å²) in [6, 6.07) is 8.04. The standard InChI is InChI=1S/C15H22BrNO/c1-11(2)10-17-9-8-15(12(3)18)13-4-6-14(16)7-5-13/h4-7,11,15,17H,8-10H2,1-3H3/t15-/m0/s1. The van der Waals surface area contributed by atoms with E-state index in [1.165, 1.54) is 0 Å². The van der Waals surface area contributed by atoms with E-state index in [4.69, 9.17) is 0 Å². The lowest BCUT2D eigenvalue weighted by atomic mass is 9.92. The summed E-state index contributed by atoms with van der Waals surface area (Å²) in [5.41, 5.74) is 1.11. The molecular weight excluding hydrogens is 290 g/mol. The van der Waals surface area contributed by atoms with E-state index < -0.39 is 0 Å². The Bertz CT molecular complexity index is 373. The van der Waals surface area contributed by atoms with Gasteiger partial charge in [0, 0.05) is 10.4 Å². The average Bonchev–Trinajstić information content (AvgIpc) is 2.30. The monoisotopic (exact) mass is 311 g/mol. The smallest absolute Gasteiger partial charge is 0.137 e. The minimum absolute atomic E-state index is 0.0118. The number of hydrogen-bond donors (Lipinski definition) is 1. The molecule has 0 amide bonds. The van der Waals surface area contributed by atoms with Crippen LogP contribution in [-0.2, 0) is 4.79 Å². The van der Waals surface area contributed by atoms with Crippen molar-refractivity contribution in [3.05, 3.63) is 34.3 Å². The fourth-order valence-corrected chi connectivity index (χ4v) is 2.20. The quantitative estimate of drug-likeness (QED) is 0.777. The summed E-state index contributed by atoms with van der Waals surface area (Å²) in [6.07, 6.45) is 0.865. The zero-order valence-corrected chi connectivity index (χ0v) is 13.0. The summed E-state index contributed by atoms with van der Waals surface area (Å²) in [6.45, 7) is 7.94. The molecule has 0 saturated carbocycles. The fourth-order valence-electron chi connectivity index (χ4n) is 1.94. The summed E-state index contributed by atoms with van der Waals surface area (Å²) in [5, 5.41) is 3.39. The van der Waals surface area contributed by atoms with Crippen molar-refractivity contribution in [3.63, 3.8) is 0 Å². The molecule has 0 aliphatic rings. The summed E-state index contributed by atoms with van der Waals surface area (Å²) in [5.74, 6) is 0.898. The molecule has 0 unspecified atom stereocenters. The highest BCUT2D eigenvalue weighted by Gasteiger charge is 2.16. The van der Waals surface area contributed by atoms with Crippen LogP contribution < -0.4 is 5.32 Å². The lowest BCUT2D eigenvalue weighted by Crippen LogP contribution is -2.23. The lowest BCUT2D eigenvalue weighted by molar-refractivity contribution is -0.118. The molecule has 0 aliphatic carbocycles. The van der Waals surface area contributed by atoms with Crippen LogP contribution in [0.3, 0.4) is 0 Å². The van der Waals surface area contributed by atoms with Gasteiger partial charge in [-0.15, -0.1) is 0 Å². The molecule has 2 nitrogen and oxygen atoms in total. The van der Waals surface area contributed by atoms with E-state index in [1.807, 2.05) is 24.3 Å². The zero-order valence-electron chi connectivity index (χ0n) is 11.4. The molecular formula is C15H22BrNO. The SMILES string of the molecule is CC(=O)[C@H](CCNCC(C)C)c1ccc(Br)cc1. The maximum atomic E-state index is 11.7. The van der Waals surface area contributed by atoms with Crippen LogP contribution in [0.1, 0.15) is 38.7 Å². The summed E-state index contributed by atoms with van der Waals surface area (Å²) < 4.78 is 1.05. The van der Waals surface area contributed by atoms with E-state index in [0.29, 0.717) is 5.92 Å². The second-order valence-electron chi connectivity index (χ2n) is 5.10. The number of carbonyl (C=O) groups excluding carboxylic acids is 1. The van der Waals surface area contributed by atoms with E-state index in [2.05, 4.69) is 35.1 Å². The Labute approximate surface area is 118 Å². The molecule has 1 aromatic rings. The van der Waals surface area contributed by atoms with Gasteiger partial charge in [0.2, 0.25) is 0 Å². The van der Waals surface area contributed by atoms with Crippen molar-refractivity contribution in [2.75, 3.05) is 13.1 Å². The van der Waals surface area contributed by atoms with E-state index in [1.54, 1.807) is 6.92 Å². The van der Waals surface area contributed by atoms with Gasteiger partial charge < -0.3 is 5.32 Å². The lowest BCUT2D eigenvalue weighted by Gasteiger charge is -2.15. The Balaban J connectivity index is 2.55. The molecule has 0 aliphatic heterocycles. The number of hydrogen-bond acceptors (Lipinski definition) is 2. The molecule has 0 heterocycles. The van der Waals surface area contributed by atoms with E-state index >= 15 is 0 Å². The van der Waals surface area contributed by atoms with Gasteiger partial charge in [0.1, 0.15) is 5.78 Å². The second kappa shape index (κ2) is 7.70. The number of halogens is 1. The van der Waals surface area contributed by atoms with E-state index in [-0.39, 0.29) is 11.7 Å². The van der Waals surface area contributed by atoms with Gasteiger partial charge in [-0.1, -0.05) is 41.9 Å². The minimum Gasteiger partial charge on any atom is -0.316 e. The Hall–Kier alpha value is -0.670. The maximum absolute atomic E-state index is 11.7. The maximum Gasteiger partial charge on any atom is 0.137 e. The topological polar surface area (TPSA) is 29.1 Å². The highest BCUT2D eigenvalue weighted by atomic mass is 79.9. The molecule has 100 valence electrons. The van der Waals surface area contributed by atoms with Crippen LogP contribution in [0, 0.1) is 5.92 Å². The molecule has 18 heavy (non-hydrogen) atoms. The molecule has 1 aromatic carbocycles. The van der Waals surface area contributed by atoms with Crippen molar-refractivity contribution >= 4 is 21.7 Å². The first kappa shape index (κ1) is 15.4. The minimum atomic E-state index is 0.0118. The Morgan fingerprint density at radius 1 is 1.28 bits per heavy atom. The average molecular weight is 312 g/mol. The number of Topliss-reactive ketones (excluding diaryl/α,β-unsaturated/α-hetero) is 1. The zero-order chi connectivity index (χ0) is 13.5. The van der Waals surface area contributed by atoms with Crippen LogP contribution in [0.5, 0.6) is 0 Å². The van der Waals surface area contributed by atoms with Crippen LogP contribution in [0.15, 0.2) is 28.7 Å². The highest BCUT2D eigenvalue weighted by Crippen LogP contribution is 2.22. The van der Waals surface area contributed by atoms with Crippen LogP contribution in [0.4, 0.5) is 0 Å². The highest BCUT2D eigenvalue weighted by molar-refractivity contribution is 9.10. The number of nitrogens with one attached hydrogen (secondary N) is 1. The van der Waals surface area contributed by atoms with Crippen molar-refractivity contribution in [3.8, 4) is 0 Å². The molecule has 1 atom stereocenters. The molecule has 1 rings (SSSR count). The number of rotatable bonds is 7. The van der Waals surface area contributed by atoms with E-state index in [0.717, 1.165) is 29.5 Å². The molecule has 0 spiro atoms. The van der Waals surface area contributed by atoms with Crippen molar-refractivity contribution < 1.29 is 4.79 Å². The van der Waals surface area contributed by atoms with Gasteiger partial charge in [0.05, 0.1) is 0 Å². The summed E-state index contributed by atoms with van der Waals surface area (Å²) in [4.78, 5) is 11.7. The van der Waals surface area contributed by atoms with Crippen LogP contribution in [0.2, 0.25) is 0 Å². The Morgan fingerprint density at radius 2 is 1.89 bits per heavy atom. The number of benzene rings is 1. The Morgan fingerprint density at radius 3 is 2.39 bits per heavy atom. The third-order valence-electron chi connectivity index (χ3n) is 2.93. The van der Waals surface area contributed by atoms with Crippen molar-refractivity contribution in [1.82, 2.24) is 5.32 Å². The van der Waals surface area contributed by atoms with Gasteiger partial charge in [0.15, 0.2) is 0 Å². The number of carbonyl (C=O) groups is 1. The predicted molar refractivity (Wildman–Crippen MR) is 79.9 cm³/mol. The van der Waals surface area contributed by atoms with Gasteiger partial charge in [-0.05, 0) is 50.0 Å². The fraction of sp³-hybridized carbons (Fsp3) is 0.533. The molecule has 0 aromatic heterocycles. The van der Waals surface area contributed by atoms with Gasteiger partial charge in [-0.25, -0.2) is 0 Å². The summed E-state index contributed by atoms with van der Waals surface area (Å²) >= 11 is 3.41. The van der Waals surface area contributed by atoms with Gasteiger partial charge in [-0.3, -0.25) is 4.79 Å². The van der Waals surface area contributed by atoms with Crippen molar-refractivity contribution in [2.24, 2.45) is 5.92 Å². The molecule has 0 radical (unpaired) electrons. The first-order valence-electron chi connectivity index (χ1n) is 6.47. The first-order chi connectivity index (χ1) is 8.50. The van der Waals surface area contributed by atoms with Crippen molar-refractivity contribution in [1.29, 1.82) is 0 Å². The number of ketones is 1.